The molecule has 7 heteroatoms. The van der Waals surface area contributed by atoms with Gasteiger partial charge in [-0.15, -0.1) is 0 Å². The van der Waals surface area contributed by atoms with Crippen molar-refractivity contribution in [2.45, 2.75) is 24.9 Å². The first-order valence-corrected chi connectivity index (χ1v) is 8.98. The Morgan fingerprint density at radius 3 is 2.96 bits per heavy atom. The van der Waals surface area contributed by atoms with Crippen LogP contribution in [-0.2, 0) is 9.59 Å². The van der Waals surface area contributed by atoms with E-state index in [1.54, 1.807) is 29.2 Å². The molecule has 2 heterocycles. The molecule has 1 aromatic rings. The Bertz CT molecular complexity index is 649. The summed E-state index contributed by atoms with van der Waals surface area (Å²) < 4.78 is 0. The number of hydrogen-bond donors (Lipinski definition) is 2. The van der Waals surface area contributed by atoms with E-state index in [2.05, 4.69) is 10.6 Å². The number of piperidine rings is 1. The molecule has 0 unspecified atom stereocenters. The third-order valence-corrected chi connectivity index (χ3v) is 4.77. The van der Waals surface area contributed by atoms with E-state index in [1.165, 1.54) is 11.8 Å². The SMILES string of the molecule is CSCC(=O)N[C@H]1CCN2C(=O)c3ccccc3NC(=O)[C@@H]2C1. The molecular weight excluding hydrogens is 314 g/mol. The largest absolute Gasteiger partial charge is 0.352 e. The molecule has 2 atom stereocenters. The lowest BCUT2D eigenvalue weighted by Gasteiger charge is -2.37. The van der Waals surface area contributed by atoms with Gasteiger partial charge in [0.25, 0.3) is 5.91 Å². The molecule has 3 amide bonds. The standard InChI is InChI=1S/C16H19N3O3S/c1-23-9-14(20)17-10-6-7-19-13(8-10)15(21)18-12-5-3-2-4-11(12)16(19)22/h2-5,10,13H,6-9H2,1H3,(H,17,20)(H,18,21)/t10-,13-/m0/s1. The Labute approximate surface area is 139 Å². The van der Waals surface area contributed by atoms with Crippen molar-refractivity contribution in [3.8, 4) is 0 Å². The van der Waals surface area contributed by atoms with Gasteiger partial charge in [-0.25, -0.2) is 0 Å². The van der Waals surface area contributed by atoms with Crippen molar-refractivity contribution in [1.82, 2.24) is 10.2 Å². The molecule has 2 aliphatic heterocycles. The summed E-state index contributed by atoms with van der Waals surface area (Å²) in [5, 5.41) is 5.78. The molecule has 0 radical (unpaired) electrons. The maximum atomic E-state index is 12.7. The van der Waals surface area contributed by atoms with Gasteiger partial charge in [0.1, 0.15) is 6.04 Å². The number of thioether (sulfide) groups is 1. The molecule has 0 aromatic heterocycles. The maximum absolute atomic E-state index is 12.7. The fourth-order valence-corrected chi connectivity index (χ4v) is 3.48. The van der Waals surface area contributed by atoms with Crippen LogP contribution in [0.2, 0.25) is 0 Å². The minimum atomic E-state index is -0.539. The van der Waals surface area contributed by atoms with Crippen LogP contribution in [0.25, 0.3) is 0 Å². The summed E-state index contributed by atoms with van der Waals surface area (Å²) in [5.41, 5.74) is 1.08. The molecule has 6 nitrogen and oxygen atoms in total. The number of rotatable bonds is 3. The number of carbonyl (C=O) groups excluding carboxylic acids is 3. The molecule has 2 aliphatic rings. The number of amides is 3. The number of anilines is 1. The lowest BCUT2D eigenvalue weighted by molar-refractivity contribution is -0.123. The van der Waals surface area contributed by atoms with Gasteiger partial charge in [0, 0.05) is 12.6 Å². The zero-order valence-corrected chi connectivity index (χ0v) is 13.7. The highest BCUT2D eigenvalue weighted by Crippen LogP contribution is 2.28. The predicted molar refractivity (Wildman–Crippen MR) is 89.4 cm³/mol. The van der Waals surface area contributed by atoms with Crippen LogP contribution >= 0.6 is 11.8 Å². The Balaban J connectivity index is 1.78. The average molecular weight is 333 g/mol. The summed E-state index contributed by atoms with van der Waals surface area (Å²) in [6.45, 7) is 0.468. The van der Waals surface area contributed by atoms with E-state index in [1.807, 2.05) is 6.26 Å². The van der Waals surface area contributed by atoms with Crippen LogP contribution in [0.4, 0.5) is 5.69 Å². The van der Waals surface area contributed by atoms with E-state index < -0.39 is 6.04 Å². The van der Waals surface area contributed by atoms with E-state index in [9.17, 15) is 14.4 Å². The van der Waals surface area contributed by atoms with Crippen LogP contribution in [0, 0.1) is 0 Å². The topological polar surface area (TPSA) is 78.5 Å². The van der Waals surface area contributed by atoms with Gasteiger partial charge in [-0.1, -0.05) is 12.1 Å². The molecule has 0 aliphatic carbocycles. The average Bonchev–Trinajstić information content (AvgIpc) is 2.64. The second kappa shape index (κ2) is 6.62. The van der Waals surface area contributed by atoms with E-state index in [0.717, 1.165) is 0 Å². The molecule has 2 N–H and O–H groups in total. The van der Waals surface area contributed by atoms with Gasteiger partial charge >= 0.3 is 0 Å². The number of hydrogen-bond acceptors (Lipinski definition) is 4. The highest BCUT2D eigenvalue weighted by Gasteiger charge is 2.39. The predicted octanol–water partition coefficient (Wildman–Crippen LogP) is 1.09. The minimum absolute atomic E-state index is 0.0282. The molecule has 1 saturated heterocycles. The molecule has 0 saturated carbocycles. The van der Waals surface area contributed by atoms with E-state index in [0.29, 0.717) is 36.4 Å². The highest BCUT2D eigenvalue weighted by molar-refractivity contribution is 7.99. The Hall–Kier alpha value is -2.02. The first-order chi connectivity index (χ1) is 11.1. The maximum Gasteiger partial charge on any atom is 0.256 e. The quantitative estimate of drug-likeness (QED) is 0.868. The fraction of sp³-hybridized carbons (Fsp3) is 0.438. The molecule has 3 rings (SSSR count). The normalized spacial score (nSPS) is 23.4. The fourth-order valence-electron chi connectivity index (χ4n) is 3.14. The summed E-state index contributed by atoms with van der Waals surface area (Å²) in [7, 11) is 0. The van der Waals surface area contributed by atoms with Gasteiger partial charge in [0.2, 0.25) is 11.8 Å². The third kappa shape index (κ3) is 3.19. The summed E-state index contributed by atoms with van der Waals surface area (Å²) >= 11 is 1.46. The lowest BCUT2D eigenvalue weighted by atomic mass is 9.96. The van der Waals surface area contributed by atoms with Crippen molar-refractivity contribution in [3.63, 3.8) is 0 Å². The van der Waals surface area contributed by atoms with Crippen LogP contribution < -0.4 is 10.6 Å². The number of benzene rings is 1. The van der Waals surface area contributed by atoms with Crippen molar-refractivity contribution >= 4 is 35.2 Å². The molecule has 122 valence electrons. The van der Waals surface area contributed by atoms with Crippen LogP contribution in [0.1, 0.15) is 23.2 Å². The molecule has 0 spiro atoms. The van der Waals surface area contributed by atoms with Gasteiger partial charge in [-0.2, -0.15) is 11.8 Å². The molecular formula is C16H19N3O3S. The lowest BCUT2D eigenvalue weighted by Crippen LogP contribution is -2.55. The molecule has 1 aromatic carbocycles. The number of nitrogens with one attached hydrogen (secondary N) is 2. The highest BCUT2D eigenvalue weighted by atomic mass is 32.2. The van der Waals surface area contributed by atoms with Crippen LogP contribution in [0.5, 0.6) is 0 Å². The van der Waals surface area contributed by atoms with Gasteiger partial charge in [0.15, 0.2) is 0 Å². The molecule has 0 bridgehead atoms. The van der Waals surface area contributed by atoms with E-state index in [4.69, 9.17) is 0 Å². The summed E-state index contributed by atoms with van der Waals surface area (Å²) in [6.07, 6.45) is 2.99. The van der Waals surface area contributed by atoms with E-state index in [-0.39, 0.29) is 23.8 Å². The van der Waals surface area contributed by atoms with Gasteiger partial charge in [0.05, 0.1) is 17.0 Å². The zero-order valence-electron chi connectivity index (χ0n) is 12.9. The number of fused-ring (bicyclic) bond motifs is 2. The Morgan fingerprint density at radius 2 is 2.17 bits per heavy atom. The first-order valence-electron chi connectivity index (χ1n) is 7.59. The summed E-state index contributed by atoms with van der Waals surface area (Å²) in [4.78, 5) is 38.6. The Kier molecular flexibility index (Phi) is 4.56. The number of carbonyl (C=O) groups is 3. The first kappa shape index (κ1) is 15.9. The monoisotopic (exact) mass is 333 g/mol. The Morgan fingerprint density at radius 1 is 1.39 bits per heavy atom. The van der Waals surface area contributed by atoms with Crippen molar-refractivity contribution in [2.24, 2.45) is 0 Å². The number of para-hydroxylation sites is 1. The van der Waals surface area contributed by atoms with Gasteiger partial charge in [-0.3, -0.25) is 14.4 Å². The minimum Gasteiger partial charge on any atom is -0.352 e. The van der Waals surface area contributed by atoms with Crippen LogP contribution in [-0.4, -0.2) is 53.3 Å². The third-order valence-electron chi connectivity index (χ3n) is 4.22. The summed E-state index contributed by atoms with van der Waals surface area (Å²) in [6, 6.07) is 6.44. The molecule has 1 fully saturated rings. The van der Waals surface area contributed by atoms with Gasteiger partial charge in [-0.05, 0) is 31.2 Å². The van der Waals surface area contributed by atoms with Crippen LogP contribution in [0.3, 0.4) is 0 Å². The van der Waals surface area contributed by atoms with Crippen molar-refractivity contribution in [1.29, 1.82) is 0 Å². The number of nitrogens with zero attached hydrogens (tertiary/aromatic N) is 1. The van der Waals surface area contributed by atoms with Crippen molar-refractivity contribution in [3.05, 3.63) is 29.8 Å². The molecule has 23 heavy (non-hydrogen) atoms. The smallest absolute Gasteiger partial charge is 0.256 e. The zero-order chi connectivity index (χ0) is 16.4. The van der Waals surface area contributed by atoms with Crippen LogP contribution in [0.15, 0.2) is 24.3 Å². The second-order valence-corrected chi connectivity index (χ2v) is 6.64. The van der Waals surface area contributed by atoms with Gasteiger partial charge < -0.3 is 15.5 Å². The second-order valence-electron chi connectivity index (χ2n) is 5.77. The van der Waals surface area contributed by atoms with Crippen molar-refractivity contribution < 1.29 is 14.4 Å². The summed E-state index contributed by atoms with van der Waals surface area (Å²) in [5.74, 6) is 0.0612. The van der Waals surface area contributed by atoms with Crippen molar-refractivity contribution in [2.75, 3.05) is 23.9 Å². The van der Waals surface area contributed by atoms with E-state index >= 15 is 0 Å².